The Kier molecular flexibility index (Phi) is 7.05. The van der Waals surface area contributed by atoms with Crippen LogP contribution < -0.4 is 5.73 Å². The van der Waals surface area contributed by atoms with Gasteiger partial charge < -0.3 is 10.5 Å². The first kappa shape index (κ1) is 13.8. The van der Waals surface area contributed by atoms with Gasteiger partial charge in [-0.2, -0.15) is 0 Å². The summed E-state index contributed by atoms with van der Waals surface area (Å²) in [5.41, 5.74) is 5.71. The third-order valence-electron chi connectivity index (χ3n) is 2.33. The Hall–Kier alpha value is -0.190. The van der Waals surface area contributed by atoms with E-state index < -0.39 is 0 Å². The van der Waals surface area contributed by atoms with Crippen LogP contribution in [0.4, 0.5) is 0 Å². The molecule has 0 aromatic rings. The molecule has 0 radical (unpaired) electrons. The summed E-state index contributed by atoms with van der Waals surface area (Å²) in [7, 11) is 1.71. The van der Waals surface area contributed by atoms with Crippen molar-refractivity contribution >= 4 is 17.2 Å². The van der Waals surface area contributed by atoms with E-state index in [9.17, 15) is 0 Å². The molecular weight excluding hydrogens is 196 g/mol. The van der Waals surface area contributed by atoms with Gasteiger partial charge in [0.15, 0.2) is 0 Å². The maximum absolute atomic E-state index is 5.71. The van der Waals surface area contributed by atoms with Crippen molar-refractivity contribution in [3.8, 4) is 0 Å². The standard InChI is InChI=1S/C10H22N2OS/c1-5-9(10(11)14)12(8(2)3)6-7-13-4/h8-9H,5-7H2,1-4H3,(H2,11,14). The van der Waals surface area contributed by atoms with Gasteiger partial charge in [-0.15, -0.1) is 0 Å². The van der Waals surface area contributed by atoms with Gasteiger partial charge in [-0.05, 0) is 20.3 Å². The lowest BCUT2D eigenvalue weighted by Crippen LogP contribution is -2.48. The Labute approximate surface area is 92.6 Å². The molecule has 0 saturated carbocycles. The minimum absolute atomic E-state index is 0.195. The topological polar surface area (TPSA) is 38.5 Å². The number of thiocarbonyl (C=S) groups is 1. The maximum Gasteiger partial charge on any atom is 0.0902 e. The summed E-state index contributed by atoms with van der Waals surface area (Å²) in [6.07, 6.45) is 0.956. The zero-order valence-corrected chi connectivity index (χ0v) is 10.4. The summed E-state index contributed by atoms with van der Waals surface area (Å²) in [6.45, 7) is 8.00. The molecule has 0 aromatic carbocycles. The molecule has 0 spiro atoms. The van der Waals surface area contributed by atoms with Gasteiger partial charge in [0, 0.05) is 19.7 Å². The Morgan fingerprint density at radius 2 is 2.07 bits per heavy atom. The first-order chi connectivity index (χ1) is 6.54. The zero-order valence-electron chi connectivity index (χ0n) is 9.62. The number of hydrogen-bond donors (Lipinski definition) is 1. The zero-order chi connectivity index (χ0) is 11.1. The lowest BCUT2D eigenvalue weighted by atomic mass is 10.1. The summed E-state index contributed by atoms with van der Waals surface area (Å²) in [4.78, 5) is 2.86. The molecule has 2 N–H and O–H groups in total. The third kappa shape index (κ3) is 4.35. The SMILES string of the molecule is CCC(C(N)=S)N(CCOC)C(C)C. The molecule has 0 aliphatic carbocycles. The summed E-state index contributed by atoms with van der Waals surface area (Å²) in [5, 5.41) is 0. The van der Waals surface area contributed by atoms with Crippen LogP contribution in [0.25, 0.3) is 0 Å². The third-order valence-corrected chi connectivity index (χ3v) is 2.60. The van der Waals surface area contributed by atoms with Gasteiger partial charge in [0.2, 0.25) is 0 Å². The molecule has 14 heavy (non-hydrogen) atoms. The molecule has 0 saturated heterocycles. The molecule has 1 unspecified atom stereocenters. The van der Waals surface area contributed by atoms with Crippen LogP contribution in [-0.2, 0) is 4.74 Å². The first-order valence-corrected chi connectivity index (χ1v) is 5.49. The largest absolute Gasteiger partial charge is 0.392 e. The number of nitrogens with zero attached hydrogens (tertiary/aromatic N) is 1. The maximum atomic E-state index is 5.71. The van der Waals surface area contributed by atoms with Crippen LogP contribution >= 0.6 is 12.2 Å². The summed E-state index contributed by atoms with van der Waals surface area (Å²) in [5.74, 6) is 0. The molecule has 84 valence electrons. The van der Waals surface area contributed by atoms with Gasteiger partial charge >= 0.3 is 0 Å². The second kappa shape index (κ2) is 7.15. The van der Waals surface area contributed by atoms with Crippen molar-refractivity contribution in [1.82, 2.24) is 4.90 Å². The molecule has 0 heterocycles. The van der Waals surface area contributed by atoms with Crippen LogP contribution in [-0.4, -0.2) is 42.2 Å². The molecule has 1 atom stereocenters. The fourth-order valence-corrected chi connectivity index (χ4v) is 1.87. The highest BCUT2D eigenvalue weighted by atomic mass is 32.1. The minimum atomic E-state index is 0.195. The minimum Gasteiger partial charge on any atom is -0.392 e. The monoisotopic (exact) mass is 218 g/mol. The van der Waals surface area contributed by atoms with Gasteiger partial charge in [-0.25, -0.2) is 0 Å². The van der Waals surface area contributed by atoms with Crippen molar-refractivity contribution in [3.05, 3.63) is 0 Å². The predicted octanol–water partition coefficient (Wildman–Crippen LogP) is 1.41. The molecule has 3 nitrogen and oxygen atoms in total. The highest BCUT2D eigenvalue weighted by molar-refractivity contribution is 7.80. The normalized spacial score (nSPS) is 13.6. The second-order valence-corrected chi connectivity index (χ2v) is 4.12. The molecule has 0 fully saturated rings. The molecule has 0 rings (SSSR count). The van der Waals surface area contributed by atoms with E-state index >= 15 is 0 Å². The van der Waals surface area contributed by atoms with Crippen molar-refractivity contribution in [1.29, 1.82) is 0 Å². The lowest BCUT2D eigenvalue weighted by Gasteiger charge is -2.33. The number of nitrogens with two attached hydrogens (primary N) is 1. The quantitative estimate of drug-likeness (QED) is 0.656. The van der Waals surface area contributed by atoms with Crippen molar-refractivity contribution in [2.75, 3.05) is 20.3 Å². The lowest BCUT2D eigenvalue weighted by molar-refractivity contribution is 0.115. The summed E-state index contributed by atoms with van der Waals surface area (Å²) < 4.78 is 5.07. The van der Waals surface area contributed by atoms with Crippen molar-refractivity contribution in [3.63, 3.8) is 0 Å². The Bertz CT molecular complexity index is 174. The molecule has 0 aromatic heterocycles. The van der Waals surface area contributed by atoms with E-state index in [1.165, 1.54) is 0 Å². The van der Waals surface area contributed by atoms with Crippen LogP contribution in [0.5, 0.6) is 0 Å². The highest BCUT2D eigenvalue weighted by Gasteiger charge is 2.21. The van der Waals surface area contributed by atoms with E-state index in [1.54, 1.807) is 7.11 Å². The van der Waals surface area contributed by atoms with Gasteiger partial charge in [0.25, 0.3) is 0 Å². The average molecular weight is 218 g/mol. The highest BCUT2D eigenvalue weighted by Crippen LogP contribution is 2.09. The van der Waals surface area contributed by atoms with Crippen LogP contribution in [0.2, 0.25) is 0 Å². The van der Waals surface area contributed by atoms with Gasteiger partial charge in [-0.3, -0.25) is 4.90 Å². The fraction of sp³-hybridized carbons (Fsp3) is 0.900. The van der Waals surface area contributed by atoms with E-state index in [1.807, 2.05) is 0 Å². The smallest absolute Gasteiger partial charge is 0.0902 e. The van der Waals surface area contributed by atoms with Crippen LogP contribution in [0, 0.1) is 0 Å². The predicted molar refractivity (Wildman–Crippen MR) is 64.6 cm³/mol. The van der Waals surface area contributed by atoms with Crippen molar-refractivity contribution in [2.24, 2.45) is 5.73 Å². The first-order valence-electron chi connectivity index (χ1n) is 5.08. The summed E-state index contributed by atoms with van der Waals surface area (Å²) >= 11 is 5.06. The number of rotatable bonds is 7. The van der Waals surface area contributed by atoms with E-state index in [0.717, 1.165) is 19.6 Å². The number of ether oxygens (including phenoxy) is 1. The molecular formula is C10H22N2OS. The Morgan fingerprint density at radius 1 is 1.50 bits per heavy atom. The molecule has 0 aliphatic heterocycles. The van der Waals surface area contributed by atoms with Crippen molar-refractivity contribution in [2.45, 2.75) is 39.3 Å². The van der Waals surface area contributed by atoms with E-state index in [4.69, 9.17) is 22.7 Å². The molecule has 0 bridgehead atoms. The molecule has 0 amide bonds. The van der Waals surface area contributed by atoms with Crippen LogP contribution in [0.15, 0.2) is 0 Å². The van der Waals surface area contributed by atoms with Gasteiger partial charge in [0.05, 0.1) is 17.6 Å². The van der Waals surface area contributed by atoms with Gasteiger partial charge in [0.1, 0.15) is 0 Å². The second-order valence-electron chi connectivity index (χ2n) is 3.65. The van der Waals surface area contributed by atoms with Crippen LogP contribution in [0.3, 0.4) is 0 Å². The molecule has 4 heteroatoms. The van der Waals surface area contributed by atoms with E-state index in [-0.39, 0.29) is 6.04 Å². The van der Waals surface area contributed by atoms with E-state index in [2.05, 4.69) is 25.7 Å². The Morgan fingerprint density at radius 3 is 2.36 bits per heavy atom. The number of methoxy groups -OCH3 is 1. The summed E-state index contributed by atoms with van der Waals surface area (Å²) in [6, 6.07) is 0.636. The number of hydrogen-bond acceptors (Lipinski definition) is 3. The Balaban J connectivity index is 4.35. The fourth-order valence-electron chi connectivity index (χ4n) is 1.57. The van der Waals surface area contributed by atoms with Crippen molar-refractivity contribution < 1.29 is 4.74 Å². The van der Waals surface area contributed by atoms with Gasteiger partial charge in [-0.1, -0.05) is 19.1 Å². The van der Waals surface area contributed by atoms with Crippen LogP contribution in [0.1, 0.15) is 27.2 Å². The molecule has 0 aliphatic rings. The average Bonchev–Trinajstić information content (AvgIpc) is 2.10. The van der Waals surface area contributed by atoms with E-state index in [0.29, 0.717) is 11.0 Å².